The van der Waals surface area contributed by atoms with Crippen molar-refractivity contribution in [2.45, 2.75) is 11.3 Å². The molecule has 17 heavy (non-hydrogen) atoms. The van der Waals surface area contributed by atoms with Gasteiger partial charge in [0.2, 0.25) is 10.0 Å². The number of rotatable bonds is 3. The summed E-state index contributed by atoms with van der Waals surface area (Å²) in [6.07, 6.45) is 0.840. The number of hydrogen-bond donors (Lipinski definition) is 0. The van der Waals surface area contributed by atoms with Gasteiger partial charge in [-0.05, 0) is 40.4 Å². The second-order valence-corrected chi connectivity index (χ2v) is 7.17. The molecule has 1 aromatic rings. The maximum absolute atomic E-state index is 12.4. The van der Waals surface area contributed by atoms with E-state index in [1.165, 1.54) is 4.31 Å². The quantitative estimate of drug-likeness (QED) is 0.795. The molecule has 94 valence electrons. The number of benzene rings is 1. The lowest BCUT2D eigenvalue weighted by atomic mass is 10.2. The molecule has 0 aromatic heterocycles. The first-order valence-electron chi connectivity index (χ1n) is 5.36. The van der Waals surface area contributed by atoms with Crippen LogP contribution in [0.2, 0.25) is 0 Å². The first kappa shape index (κ1) is 13.3. The van der Waals surface area contributed by atoms with Crippen LogP contribution in [0, 0.1) is 5.92 Å². The van der Waals surface area contributed by atoms with Gasteiger partial charge in [-0.2, -0.15) is 4.31 Å². The Hall–Kier alpha value is -0.100. The van der Waals surface area contributed by atoms with Crippen LogP contribution in [0.4, 0.5) is 0 Å². The van der Waals surface area contributed by atoms with E-state index in [0.717, 1.165) is 6.42 Å². The van der Waals surface area contributed by atoms with E-state index in [-0.39, 0.29) is 5.92 Å². The molecule has 2 rings (SSSR count). The second kappa shape index (κ2) is 5.26. The van der Waals surface area contributed by atoms with Crippen LogP contribution in [0.1, 0.15) is 6.42 Å². The smallest absolute Gasteiger partial charge is 0.207 e. The highest BCUT2D eigenvalue weighted by Crippen LogP contribution is 2.29. The Morgan fingerprint density at radius 1 is 1.41 bits per heavy atom. The number of halogens is 2. The van der Waals surface area contributed by atoms with Gasteiger partial charge in [0.1, 0.15) is 0 Å². The van der Waals surface area contributed by atoms with Gasteiger partial charge in [0.15, 0.2) is 0 Å². The molecule has 1 aromatic carbocycles. The van der Waals surface area contributed by atoms with E-state index in [4.69, 9.17) is 11.6 Å². The maximum Gasteiger partial charge on any atom is 0.244 e. The Kier molecular flexibility index (Phi) is 4.13. The monoisotopic (exact) mass is 337 g/mol. The molecule has 0 saturated carbocycles. The van der Waals surface area contributed by atoms with Gasteiger partial charge in [-0.25, -0.2) is 8.42 Å². The summed E-state index contributed by atoms with van der Waals surface area (Å²) in [7, 11) is -3.38. The summed E-state index contributed by atoms with van der Waals surface area (Å²) in [4.78, 5) is 0.329. The number of sulfonamides is 1. The molecule has 0 aliphatic carbocycles. The molecule has 1 fully saturated rings. The molecule has 0 amide bonds. The molecule has 6 heteroatoms. The van der Waals surface area contributed by atoms with Gasteiger partial charge in [0, 0.05) is 23.4 Å². The molecule has 3 nitrogen and oxygen atoms in total. The average molecular weight is 339 g/mol. The van der Waals surface area contributed by atoms with Crippen molar-refractivity contribution in [1.29, 1.82) is 0 Å². The van der Waals surface area contributed by atoms with Gasteiger partial charge in [-0.3, -0.25) is 0 Å². The van der Waals surface area contributed by atoms with Gasteiger partial charge in [0.05, 0.1) is 4.90 Å². The van der Waals surface area contributed by atoms with Crippen LogP contribution in [0.25, 0.3) is 0 Å². The molecule has 0 spiro atoms. The standard InChI is InChI=1S/C11H13BrClNO2S/c12-10-3-1-2-4-11(10)17(15,16)14-6-5-9(7-13)8-14/h1-4,9H,5-8H2. The Labute approximate surface area is 115 Å². The summed E-state index contributed by atoms with van der Waals surface area (Å²) in [6, 6.07) is 6.89. The topological polar surface area (TPSA) is 37.4 Å². The first-order chi connectivity index (χ1) is 8.05. The molecule has 1 saturated heterocycles. The SMILES string of the molecule is O=S(=O)(c1ccccc1Br)N1CCC(CCl)C1. The molecule has 1 heterocycles. The molecular weight excluding hydrogens is 326 g/mol. The fourth-order valence-corrected chi connectivity index (χ4v) is 4.68. The molecular formula is C11H13BrClNO2S. The summed E-state index contributed by atoms with van der Waals surface area (Å²) in [5.74, 6) is 0.788. The van der Waals surface area contributed by atoms with Crippen molar-refractivity contribution < 1.29 is 8.42 Å². The molecule has 1 atom stereocenters. The summed E-state index contributed by atoms with van der Waals surface area (Å²) >= 11 is 9.05. The van der Waals surface area contributed by atoms with Crippen LogP contribution < -0.4 is 0 Å². The molecule has 1 aliphatic rings. The van der Waals surface area contributed by atoms with Gasteiger partial charge in [-0.15, -0.1) is 11.6 Å². The maximum atomic E-state index is 12.4. The third-order valence-electron chi connectivity index (χ3n) is 2.92. The van der Waals surface area contributed by atoms with Gasteiger partial charge in [-0.1, -0.05) is 12.1 Å². The third-order valence-corrected chi connectivity index (χ3v) is 6.23. The number of hydrogen-bond acceptors (Lipinski definition) is 2. The van der Waals surface area contributed by atoms with Crippen LogP contribution in [-0.2, 0) is 10.0 Å². The third kappa shape index (κ3) is 2.67. The Balaban J connectivity index is 2.29. The van der Waals surface area contributed by atoms with Crippen molar-refractivity contribution in [3.05, 3.63) is 28.7 Å². The Bertz CT molecular complexity index is 506. The van der Waals surface area contributed by atoms with Crippen molar-refractivity contribution in [2.75, 3.05) is 19.0 Å². The normalized spacial score (nSPS) is 21.9. The number of nitrogens with zero attached hydrogens (tertiary/aromatic N) is 1. The van der Waals surface area contributed by atoms with Crippen LogP contribution >= 0.6 is 27.5 Å². The van der Waals surface area contributed by atoms with E-state index < -0.39 is 10.0 Å². The summed E-state index contributed by atoms with van der Waals surface area (Å²) < 4.78 is 26.9. The van der Waals surface area contributed by atoms with E-state index in [1.807, 2.05) is 0 Å². The lowest BCUT2D eigenvalue weighted by Gasteiger charge is -2.17. The van der Waals surface area contributed by atoms with E-state index >= 15 is 0 Å². The predicted octanol–water partition coefficient (Wildman–Crippen LogP) is 2.70. The minimum atomic E-state index is -3.38. The lowest BCUT2D eigenvalue weighted by Crippen LogP contribution is -2.29. The highest BCUT2D eigenvalue weighted by atomic mass is 79.9. The Morgan fingerprint density at radius 3 is 2.71 bits per heavy atom. The average Bonchev–Trinajstić information content (AvgIpc) is 2.78. The van der Waals surface area contributed by atoms with E-state index in [2.05, 4.69) is 15.9 Å². The molecule has 0 radical (unpaired) electrons. The van der Waals surface area contributed by atoms with E-state index in [1.54, 1.807) is 24.3 Å². The summed E-state index contributed by atoms with van der Waals surface area (Å²) in [5.41, 5.74) is 0. The first-order valence-corrected chi connectivity index (χ1v) is 8.13. The lowest BCUT2D eigenvalue weighted by molar-refractivity contribution is 0.465. The zero-order chi connectivity index (χ0) is 12.5. The molecule has 1 unspecified atom stereocenters. The van der Waals surface area contributed by atoms with Crippen molar-refractivity contribution in [3.63, 3.8) is 0 Å². The fourth-order valence-electron chi connectivity index (χ4n) is 1.93. The summed E-state index contributed by atoms with van der Waals surface area (Å²) in [6.45, 7) is 1.08. The zero-order valence-electron chi connectivity index (χ0n) is 9.14. The highest BCUT2D eigenvalue weighted by Gasteiger charge is 2.32. The van der Waals surface area contributed by atoms with Crippen LogP contribution in [0.15, 0.2) is 33.6 Å². The number of alkyl halides is 1. The van der Waals surface area contributed by atoms with E-state index in [9.17, 15) is 8.42 Å². The van der Waals surface area contributed by atoms with Crippen molar-refractivity contribution >= 4 is 37.6 Å². The van der Waals surface area contributed by atoms with Crippen molar-refractivity contribution in [1.82, 2.24) is 4.31 Å². The minimum Gasteiger partial charge on any atom is -0.207 e. The van der Waals surface area contributed by atoms with E-state index in [0.29, 0.717) is 28.3 Å². The van der Waals surface area contributed by atoms with Crippen LogP contribution in [-0.4, -0.2) is 31.7 Å². The van der Waals surface area contributed by atoms with Gasteiger partial charge >= 0.3 is 0 Å². The minimum absolute atomic E-state index is 0.272. The largest absolute Gasteiger partial charge is 0.244 e. The molecule has 1 aliphatic heterocycles. The fraction of sp³-hybridized carbons (Fsp3) is 0.455. The zero-order valence-corrected chi connectivity index (χ0v) is 12.3. The summed E-state index contributed by atoms with van der Waals surface area (Å²) in [5, 5.41) is 0. The van der Waals surface area contributed by atoms with Crippen LogP contribution in [0.5, 0.6) is 0 Å². The van der Waals surface area contributed by atoms with Crippen LogP contribution in [0.3, 0.4) is 0 Å². The Morgan fingerprint density at radius 2 is 2.12 bits per heavy atom. The van der Waals surface area contributed by atoms with Gasteiger partial charge < -0.3 is 0 Å². The predicted molar refractivity (Wildman–Crippen MR) is 71.7 cm³/mol. The second-order valence-electron chi connectivity index (χ2n) is 4.10. The molecule has 0 N–H and O–H groups in total. The van der Waals surface area contributed by atoms with Crippen molar-refractivity contribution in [3.8, 4) is 0 Å². The highest BCUT2D eigenvalue weighted by molar-refractivity contribution is 9.10. The molecule has 0 bridgehead atoms. The van der Waals surface area contributed by atoms with Gasteiger partial charge in [0.25, 0.3) is 0 Å². The van der Waals surface area contributed by atoms with Crippen molar-refractivity contribution in [2.24, 2.45) is 5.92 Å².